The zero-order chi connectivity index (χ0) is 15.4. The molecule has 2 saturated heterocycles. The summed E-state index contributed by atoms with van der Waals surface area (Å²) in [4.78, 5) is 28.5. The molecule has 2 fully saturated rings. The molecule has 6 heteroatoms. The van der Waals surface area contributed by atoms with Crippen molar-refractivity contribution in [2.45, 2.75) is 32.7 Å². The Hall–Kier alpha value is -1.14. The van der Waals surface area contributed by atoms with Crippen LogP contribution in [0.3, 0.4) is 0 Å². The summed E-state index contributed by atoms with van der Waals surface area (Å²) in [5, 5.41) is 0. The molecule has 0 aromatic carbocycles. The van der Waals surface area contributed by atoms with E-state index in [2.05, 4.69) is 0 Å². The predicted octanol–water partition coefficient (Wildman–Crippen LogP) is 0.0671. The van der Waals surface area contributed by atoms with E-state index >= 15 is 0 Å². The van der Waals surface area contributed by atoms with Crippen molar-refractivity contribution in [3.8, 4) is 0 Å². The monoisotopic (exact) mass is 297 g/mol. The SMILES string of the molecule is CC(C)[C@H](N)C(=O)N1CCCC(C(=O)N2CCOCC2)C1. The molecule has 0 aromatic rings. The molecule has 0 saturated carbocycles. The molecule has 21 heavy (non-hydrogen) atoms. The summed E-state index contributed by atoms with van der Waals surface area (Å²) in [5.41, 5.74) is 5.95. The first-order valence-corrected chi connectivity index (χ1v) is 7.91. The lowest BCUT2D eigenvalue weighted by atomic mass is 9.94. The first-order chi connectivity index (χ1) is 10.0. The predicted molar refractivity (Wildman–Crippen MR) is 79.5 cm³/mol. The van der Waals surface area contributed by atoms with Gasteiger partial charge in [-0.15, -0.1) is 0 Å². The van der Waals surface area contributed by atoms with Gasteiger partial charge < -0.3 is 20.3 Å². The molecule has 1 unspecified atom stereocenters. The molecular weight excluding hydrogens is 270 g/mol. The normalized spacial score (nSPS) is 25.0. The van der Waals surface area contributed by atoms with Crippen molar-refractivity contribution >= 4 is 11.8 Å². The summed E-state index contributed by atoms with van der Waals surface area (Å²) >= 11 is 0. The Morgan fingerprint density at radius 3 is 2.43 bits per heavy atom. The quantitative estimate of drug-likeness (QED) is 0.799. The van der Waals surface area contributed by atoms with Crippen molar-refractivity contribution < 1.29 is 14.3 Å². The largest absolute Gasteiger partial charge is 0.378 e. The molecule has 0 aromatic heterocycles. The smallest absolute Gasteiger partial charge is 0.239 e. The van der Waals surface area contributed by atoms with Crippen molar-refractivity contribution in [2.24, 2.45) is 17.6 Å². The number of nitrogens with two attached hydrogens (primary N) is 1. The summed E-state index contributed by atoms with van der Waals surface area (Å²) in [7, 11) is 0. The number of ether oxygens (including phenoxy) is 1. The van der Waals surface area contributed by atoms with Crippen molar-refractivity contribution in [3.63, 3.8) is 0 Å². The van der Waals surface area contributed by atoms with Crippen molar-refractivity contribution in [1.29, 1.82) is 0 Å². The van der Waals surface area contributed by atoms with Gasteiger partial charge in [0, 0.05) is 26.2 Å². The van der Waals surface area contributed by atoms with E-state index in [4.69, 9.17) is 10.5 Å². The van der Waals surface area contributed by atoms with E-state index in [1.54, 1.807) is 4.90 Å². The van der Waals surface area contributed by atoms with E-state index in [9.17, 15) is 9.59 Å². The van der Waals surface area contributed by atoms with E-state index < -0.39 is 6.04 Å². The molecule has 0 spiro atoms. The fourth-order valence-corrected chi connectivity index (χ4v) is 2.92. The van der Waals surface area contributed by atoms with Crippen LogP contribution in [0.2, 0.25) is 0 Å². The number of carbonyl (C=O) groups excluding carboxylic acids is 2. The first-order valence-electron chi connectivity index (χ1n) is 7.91. The number of piperidine rings is 1. The van der Waals surface area contributed by atoms with Gasteiger partial charge in [0.1, 0.15) is 0 Å². The van der Waals surface area contributed by atoms with Crippen LogP contribution in [0, 0.1) is 11.8 Å². The number of rotatable bonds is 3. The number of amides is 2. The van der Waals surface area contributed by atoms with Gasteiger partial charge in [-0.1, -0.05) is 13.8 Å². The lowest BCUT2D eigenvalue weighted by molar-refractivity contribution is -0.144. The van der Waals surface area contributed by atoms with Gasteiger partial charge in [0.2, 0.25) is 11.8 Å². The minimum atomic E-state index is -0.470. The highest BCUT2D eigenvalue weighted by molar-refractivity contribution is 5.84. The van der Waals surface area contributed by atoms with E-state index in [0.29, 0.717) is 39.4 Å². The van der Waals surface area contributed by atoms with Crippen LogP contribution in [0.15, 0.2) is 0 Å². The van der Waals surface area contributed by atoms with Crippen LogP contribution in [0.25, 0.3) is 0 Å². The molecule has 2 rings (SSSR count). The fourth-order valence-electron chi connectivity index (χ4n) is 2.92. The van der Waals surface area contributed by atoms with Gasteiger partial charge in [-0.2, -0.15) is 0 Å². The van der Waals surface area contributed by atoms with Gasteiger partial charge in [-0.25, -0.2) is 0 Å². The van der Waals surface area contributed by atoms with Gasteiger partial charge in [-0.05, 0) is 18.8 Å². The standard InChI is InChI=1S/C15H27N3O3/c1-11(2)13(16)15(20)18-5-3-4-12(10-18)14(19)17-6-8-21-9-7-17/h11-13H,3-10,16H2,1-2H3/t12?,13-/m0/s1. The molecule has 2 atom stereocenters. The number of likely N-dealkylation sites (tertiary alicyclic amines) is 1. The second-order valence-corrected chi connectivity index (χ2v) is 6.33. The zero-order valence-corrected chi connectivity index (χ0v) is 13.1. The van der Waals surface area contributed by atoms with Crippen LogP contribution >= 0.6 is 0 Å². The van der Waals surface area contributed by atoms with Crippen LogP contribution in [-0.2, 0) is 14.3 Å². The molecule has 2 aliphatic rings. The second-order valence-electron chi connectivity index (χ2n) is 6.33. The van der Waals surface area contributed by atoms with Crippen LogP contribution in [0.1, 0.15) is 26.7 Å². The van der Waals surface area contributed by atoms with Crippen LogP contribution < -0.4 is 5.73 Å². The third-order valence-electron chi connectivity index (χ3n) is 4.41. The van der Waals surface area contributed by atoms with Gasteiger partial charge in [0.05, 0.1) is 25.2 Å². The third-order valence-corrected chi connectivity index (χ3v) is 4.41. The van der Waals surface area contributed by atoms with Crippen LogP contribution in [0.4, 0.5) is 0 Å². The summed E-state index contributed by atoms with van der Waals surface area (Å²) < 4.78 is 5.28. The highest BCUT2D eigenvalue weighted by Crippen LogP contribution is 2.20. The minimum Gasteiger partial charge on any atom is -0.378 e. The number of nitrogens with zero attached hydrogens (tertiary/aromatic N) is 2. The molecule has 0 bridgehead atoms. The number of morpholine rings is 1. The van der Waals surface area contributed by atoms with Gasteiger partial charge >= 0.3 is 0 Å². The summed E-state index contributed by atoms with van der Waals surface area (Å²) in [6.07, 6.45) is 1.73. The molecule has 2 N–H and O–H groups in total. The van der Waals surface area contributed by atoms with Crippen LogP contribution in [-0.4, -0.2) is 67.0 Å². The maximum absolute atomic E-state index is 12.5. The molecule has 120 valence electrons. The Morgan fingerprint density at radius 1 is 1.14 bits per heavy atom. The fraction of sp³-hybridized carbons (Fsp3) is 0.867. The Kier molecular flexibility index (Phi) is 5.58. The Morgan fingerprint density at radius 2 is 1.81 bits per heavy atom. The van der Waals surface area contributed by atoms with E-state index in [-0.39, 0.29) is 23.7 Å². The highest BCUT2D eigenvalue weighted by atomic mass is 16.5. The topological polar surface area (TPSA) is 75.9 Å². The minimum absolute atomic E-state index is 0.0236. The summed E-state index contributed by atoms with van der Waals surface area (Å²) in [6, 6.07) is -0.470. The number of carbonyl (C=O) groups is 2. The molecule has 2 heterocycles. The third kappa shape index (κ3) is 3.95. The van der Waals surface area contributed by atoms with Crippen LogP contribution in [0.5, 0.6) is 0 Å². The summed E-state index contributed by atoms with van der Waals surface area (Å²) in [6.45, 7) is 7.66. The average Bonchev–Trinajstić information content (AvgIpc) is 2.53. The average molecular weight is 297 g/mol. The number of hydrogen-bond acceptors (Lipinski definition) is 4. The van der Waals surface area contributed by atoms with Gasteiger partial charge in [0.25, 0.3) is 0 Å². The Labute approximate surface area is 126 Å². The summed E-state index contributed by atoms with van der Waals surface area (Å²) in [5.74, 6) is 0.173. The molecule has 6 nitrogen and oxygen atoms in total. The molecule has 0 aliphatic carbocycles. The van der Waals surface area contributed by atoms with Crippen molar-refractivity contribution in [1.82, 2.24) is 9.80 Å². The molecule has 0 radical (unpaired) electrons. The maximum Gasteiger partial charge on any atom is 0.239 e. The first kappa shape index (κ1) is 16.2. The molecule has 2 aliphatic heterocycles. The Bertz CT molecular complexity index is 380. The lowest BCUT2D eigenvalue weighted by Crippen LogP contribution is -2.53. The highest BCUT2D eigenvalue weighted by Gasteiger charge is 2.33. The van der Waals surface area contributed by atoms with Crippen molar-refractivity contribution in [3.05, 3.63) is 0 Å². The van der Waals surface area contributed by atoms with E-state index in [0.717, 1.165) is 12.8 Å². The van der Waals surface area contributed by atoms with Gasteiger partial charge in [0.15, 0.2) is 0 Å². The maximum atomic E-state index is 12.5. The van der Waals surface area contributed by atoms with Gasteiger partial charge in [-0.3, -0.25) is 9.59 Å². The molecular formula is C15H27N3O3. The number of hydrogen-bond donors (Lipinski definition) is 1. The van der Waals surface area contributed by atoms with E-state index in [1.165, 1.54) is 0 Å². The lowest BCUT2D eigenvalue weighted by Gasteiger charge is -2.37. The molecule has 2 amide bonds. The van der Waals surface area contributed by atoms with Crippen molar-refractivity contribution in [2.75, 3.05) is 39.4 Å². The van der Waals surface area contributed by atoms with E-state index in [1.807, 2.05) is 18.7 Å². The zero-order valence-electron chi connectivity index (χ0n) is 13.1. The second kappa shape index (κ2) is 7.22. The Balaban J connectivity index is 1.93.